The molecule has 1 unspecified atom stereocenters. The Bertz CT molecular complexity index is 1030. The van der Waals surface area contributed by atoms with E-state index in [0.717, 1.165) is 5.56 Å². The van der Waals surface area contributed by atoms with Crippen molar-refractivity contribution in [1.29, 1.82) is 0 Å². The van der Waals surface area contributed by atoms with Crippen molar-refractivity contribution in [1.82, 2.24) is 5.32 Å². The molecule has 0 aliphatic rings. The molecule has 0 bridgehead atoms. The van der Waals surface area contributed by atoms with Crippen LogP contribution in [-0.4, -0.2) is 17.9 Å². The van der Waals surface area contributed by atoms with Gasteiger partial charge in [0.25, 0.3) is 5.91 Å². The second kappa shape index (κ2) is 9.54. The number of hydrogen-bond donors (Lipinski definition) is 2. The van der Waals surface area contributed by atoms with Gasteiger partial charge in [-0.1, -0.05) is 59.6 Å². The minimum absolute atomic E-state index is 0.180. The van der Waals surface area contributed by atoms with Gasteiger partial charge in [-0.3, -0.25) is 9.59 Å². The molecule has 3 aromatic rings. The molecule has 0 aromatic heterocycles. The van der Waals surface area contributed by atoms with Crippen LogP contribution in [-0.2, 0) is 11.2 Å². The largest absolute Gasteiger partial charge is 0.340 e. The third-order valence-electron chi connectivity index (χ3n) is 4.17. The zero-order chi connectivity index (χ0) is 20.8. The van der Waals surface area contributed by atoms with Gasteiger partial charge in [0, 0.05) is 17.1 Å². The highest BCUT2D eigenvalue weighted by Crippen LogP contribution is 2.21. The number of amides is 2. The number of carbonyl (C=O) groups excluding carboxylic acids is 2. The van der Waals surface area contributed by atoms with E-state index in [0.29, 0.717) is 10.7 Å². The highest BCUT2D eigenvalue weighted by molar-refractivity contribution is 6.36. The number of halogens is 3. The summed E-state index contributed by atoms with van der Waals surface area (Å²) in [7, 11) is 0. The summed E-state index contributed by atoms with van der Waals surface area (Å²) in [5.74, 6) is -1.46. The first-order chi connectivity index (χ1) is 13.9. The maximum Gasteiger partial charge on any atom is 0.253 e. The third-order valence-corrected chi connectivity index (χ3v) is 4.72. The zero-order valence-corrected chi connectivity index (χ0v) is 16.7. The van der Waals surface area contributed by atoms with Gasteiger partial charge in [-0.2, -0.15) is 0 Å². The molecule has 4 nitrogen and oxygen atoms in total. The molecule has 3 rings (SSSR count). The molecule has 0 aliphatic heterocycles. The molecule has 0 heterocycles. The number of carbonyl (C=O) groups is 2. The van der Waals surface area contributed by atoms with Gasteiger partial charge in [-0.05, 0) is 42.0 Å². The number of hydrogen-bond acceptors (Lipinski definition) is 2. The first kappa shape index (κ1) is 20.8. The van der Waals surface area contributed by atoms with Gasteiger partial charge in [-0.15, -0.1) is 0 Å². The Morgan fingerprint density at radius 2 is 1.69 bits per heavy atom. The van der Waals surface area contributed by atoms with Gasteiger partial charge < -0.3 is 10.6 Å². The van der Waals surface area contributed by atoms with Crippen molar-refractivity contribution in [3.63, 3.8) is 0 Å². The van der Waals surface area contributed by atoms with Gasteiger partial charge in [0.2, 0.25) is 5.91 Å². The standard InChI is InChI=1S/C22H17Cl2FN2O2/c23-15-9-10-18(19(24)12-15)21(28)27-20(11-14-5-2-1-3-6-14)22(29)26-17-8-4-7-16(25)13-17/h1-10,12-13,20H,11H2,(H,26,29)(H,27,28). The summed E-state index contributed by atoms with van der Waals surface area (Å²) in [6, 6.07) is 18.4. The molecular formula is C22H17Cl2FN2O2. The summed E-state index contributed by atoms with van der Waals surface area (Å²) in [5, 5.41) is 5.92. The fourth-order valence-electron chi connectivity index (χ4n) is 2.76. The number of anilines is 1. The second-order valence-corrected chi connectivity index (χ2v) is 7.18. The number of benzene rings is 3. The molecule has 148 valence electrons. The van der Waals surface area contributed by atoms with Gasteiger partial charge >= 0.3 is 0 Å². The van der Waals surface area contributed by atoms with Crippen LogP contribution in [0.5, 0.6) is 0 Å². The summed E-state index contributed by atoms with van der Waals surface area (Å²) < 4.78 is 13.4. The summed E-state index contributed by atoms with van der Waals surface area (Å²) in [6.07, 6.45) is 0.249. The molecule has 29 heavy (non-hydrogen) atoms. The predicted molar refractivity (Wildman–Crippen MR) is 113 cm³/mol. The van der Waals surface area contributed by atoms with E-state index in [4.69, 9.17) is 23.2 Å². The monoisotopic (exact) mass is 430 g/mol. The Balaban J connectivity index is 1.82. The summed E-state index contributed by atoms with van der Waals surface area (Å²) >= 11 is 12.0. The Hall–Kier alpha value is -2.89. The van der Waals surface area contributed by atoms with Crippen molar-refractivity contribution in [3.8, 4) is 0 Å². The molecule has 0 spiro atoms. The fraction of sp³-hybridized carbons (Fsp3) is 0.0909. The van der Waals surface area contributed by atoms with E-state index >= 15 is 0 Å². The van der Waals surface area contributed by atoms with Crippen LogP contribution in [0.15, 0.2) is 72.8 Å². The van der Waals surface area contributed by atoms with Crippen molar-refractivity contribution >= 4 is 40.7 Å². The molecule has 7 heteroatoms. The summed E-state index contributed by atoms with van der Waals surface area (Å²) in [5.41, 5.74) is 1.36. The summed E-state index contributed by atoms with van der Waals surface area (Å²) in [4.78, 5) is 25.5. The molecule has 1 atom stereocenters. The highest BCUT2D eigenvalue weighted by atomic mass is 35.5. The lowest BCUT2D eigenvalue weighted by Gasteiger charge is -2.19. The molecule has 0 radical (unpaired) electrons. The average Bonchev–Trinajstić information content (AvgIpc) is 2.68. The molecule has 0 fully saturated rings. The topological polar surface area (TPSA) is 58.2 Å². The van der Waals surface area contributed by atoms with Crippen LogP contribution in [0.2, 0.25) is 10.0 Å². The molecule has 0 saturated heterocycles. The first-order valence-corrected chi connectivity index (χ1v) is 9.54. The Morgan fingerprint density at radius 3 is 2.38 bits per heavy atom. The first-order valence-electron chi connectivity index (χ1n) is 8.78. The van der Waals surface area contributed by atoms with Crippen molar-refractivity contribution in [2.45, 2.75) is 12.5 Å². The number of nitrogens with one attached hydrogen (secondary N) is 2. The third kappa shape index (κ3) is 5.79. The van der Waals surface area contributed by atoms with Crippen LogP contribution in [0.1, 0.15) is 15.9 Å². The maximum absolute atomic E-state index is 13.4. The van der Waals surface area contributed by atoms with E-state index in [2.05, 4.69) is 10.6 Å². The fourth-order valence-corrected chi connectivity index (χ4v) is 3.26. The molecule has 2 N–H and O–H groups in total. The lowest BCUT2D eigenvalue weighted by Crippen LogP contribution is -2.45. The lowest BCUT2D eigenvalue weighted by molar-refractivity contribution is -0.118. The molecule has 0 aliphatic carbocycles. The lowest BCUT2D eigenvalue weighted by atomic mass is 10.0. The van der Waals surface area contributed by atoms with Crippen LogP contribution in [0, 0.1) is 5.82 Å². The molecule has 2 amide bonds. The quantitative estimate of drug-likeness (QED) is 0.570. The van der Waals surface area contributed by atoms with Gasteiger partial charge in [0.15, 0.2) is 0 Å². The van der Waals surface area contributed by atoms with Crippen LogP contribution in [0.3, 0.4) is 0 Å². The SMILES string of the molecule is O=C(NC(Cc1ccccc1)C(=O)Nc1cccc(F)c1)c1ccc(Cl)cc1Cl. The Labute approximate surface area is 177 Å². The average molecular weight is 431 g/mol. The van der Waals surface area contributed by atoms with Gasteiger partial charge in [-0.25, -0.2) is 4.39 Å². The summed E-state index contributed by atoms with van der Waals surface area (Å²) in [6.45, 7) is 0. The maximum atomic E-state index is 13.4. The number of rotatable bonds is 6. The predicted octanol–water partition coefficient (Wildman–Crippen LogP) is 5.11. The van der Waals surface area contributed by atoms with E-state index in [1.54, 1.807) is 12.1 Å². The van der Waals surface area contributed by atoms with E-state index in [9.17, 15) is 14.0 Å². The van der Waals surface area contributed by atoms with E-state index in [1.165, 1.54) is 30.3 Å². The Morgan fingerprint density at radius 1 is 0.931 bits per heavy atom. The van der Waals surface area contributed by atoms with E-state index in [-0.39, 0.29) is 17.0 Å². The van der Waals surface area contributed by atoms with Crippen molar-refractivity contribution in [2.24, 2.45) is 0 Å². The van der Waals surface area contributed by atoms with Crippen molar-refractivity contribution in [2.75, 3.05) is 5.32 Å². The van der Waals surface area contributed by atoms with Crippen molar-refractivity contribution < 1.29 is 14.0 Å². The van der Waals surface area contributed by atoms with E-state index in [1.807, 2.05) is 30.3 Å². The van der Waals surface area contributed by atoms with E-state index < -0.39 is 23.7 Å². The second-order valence-electron chi connectivity index (χ2n) is 6.34. The Kier molecular flexibility index (Phi) is 6.86. The van der Waals surface area contributed by atoms with Crippen LogP contribution >= 0.6 is 23.2 Å². The zero-order valence-electron chi connectivity index (χ0n) is 15.2. The van der Waals surface area contributed by atoms with Crippen LogP contribution < -0.4 is 10.6 Å². The minimum Gasteiger partial charge on any atom is -0.340 e. The smallest absolute Gasteiger partial charge is 0.253 e. The van der Waals surface area contributed by atoms with Gasteiger partial charge in [0.1, 0.15) is 11.9 Å². The van der Waals surface area contributed by atoms with Crippen molar-refractivity contribution in [3.05, 3.63) is 99.8 Å². The minimum atomic E-state index is -0.903. The van der Waals surface area contributed by atoms with Crippen LogP contribution in [0.25, 0.3) is 0 Å². The van der Waals surface area contributed by atoms with Crippen LogP contribution in [0.4, 0.5) is 10.1 Å². The van der Waals surface area contributed by atoms with Gasteiger partial charge in [0.05, 0.1) is 10.6 Å². The normalized spacial score (nSPS) is 11.6. The highest BCUT2D eigenvalue weighted by Gasteiger charge is 2.23. The molecule has 3 aromatic carbocycles. The molecular weight excluding hydrogens is 414 g/mol. The molecule has 0 saturated carbocycles.